The first-order valence-electron chi connectivity index (χ1n) is 13.9. The van der Waals surface area contributed by atoms with Crippen molar-refractivity contribution < 1.29 is 19.7 Å². The molecule has 37 heavy (non-hydrogen) atoms. The second-order valence-corrected chi connectivity index (χ2v) is 9.30. The minimum atomic E-state index is -0.893. The minimum absolute atomic E-state index is 0.185. The van der Waals surface area contributed by atoms with Crippen molar-refractivity contribution in [2.45, 2.75) is 116 Å². The zero-order valence-electron chi connectivity index (χ0n) is 22.6. The maximum absolute atomic E-state index is 12.5. The Balaban J connectivity index is 2.23. The van der Waals surface area contributed by atoms with E-state index in [0.29, 0.717) is 0 Å². The second-order valence-electron chi connectivity index (χ2n) is 9.30. The van der Waals surface area contributed by atoms with Crippen molar-refractivity contribution in [3.8, 4) is 0 Å². The molecule has 10 heteroatoms. The van der Waals surface area contributed by atoms with Crippen LogP contribution >= 0.6 is 0 Å². The molecule has 2 N–H and O–H groups in total. The van der Waals surface area contributed by atoms with E-state index in [0.717, 1.165) is 52.2 Å². The Bertz CT molecular complexity index is 918. The topological polar surface area (TPSA) is 133 Å². The number of unbranched alkanes of at least 4 members (excludes halogenated alkanes) is 11. The molecule has 10 nitrogen and oxygen atoms in total. The lowest BCUT2D eigenvalue weighted by atomic mass is 10.1. The molecule has 0 aromatic carbocycles. The zero-order chi connectivity index (χ0) is 27.3. The third-order valence-electron chi connectivity index (χ3n) is 6.25. The lowest BCUT2D eigenvalue weighted by Crippen LogP contribution is -2.55. The normalized spacial score (nSPS) is 11.4. The summed E-state index contributed by atoms with van der Waals surface area (Å²) in [5.41, 5.74) is -2.66. The summed E-state index contributed by atoms with van der Waals surface area (Å²) in [6.45, 7) is 0.357. The molecule has 0 unspecified atom stereocenters. The third kappa shape index (κ3) is 13.1. The van der Waals surface area contributed by atoms with Gasteiger partial charge in [-0.3, -0.25) is 4.79 Å². The van der Waals surface area contributed by atoms with Crippen LogP contribution in [0.2, 0.25) is 0 Å². The number of aliphatic hydroxyl groups is 2. The summed E-state index contributed by atoms with van der Waals surface area (Å²) in [5, 5.41) is 18.2. The number of ether oxygens (including phenoxy) is 1. The van der Waals surface area contributed by atoms with Crippen molar-refractivity contribution in [3.05, 3.63) is 43.6 Å². The van der Waals surface area contributed by atoms with Crippen LogP contribution in [-0.2, 0) is 29.2 Å². The summed E-state index contributed by atoms with van der Waals surface area (Å²) in [5.74, 6) is -0.398. The molecule has 0 aliphatic heterocycles. The molecule has 212 valence electrons. The predicted molar refractivity (Wildman–Crippen MR) is 144 cm³/mol. The standard InChI is InChI=1S/C27H47N3O7/c1-2-3-4-5-6-7-8-9-10-11-12-13-14-15-16-17-24(33)37-23-20-30-26(35)28(18-21-31)25(34)29(19-22-32)27(30)36/h9-10,31-32H,2-8,11-23H2,1H3/b10-9-. The highest BCUT2D eigenvalue weighted by molar-refractivity contribution is 5.69. The van der Waals surface area contributed by atoms with Gasteiger partial charge in [0.05, 0.1) is 32.8 Å². The van der Waals surface area contributed by atoms with E-state index in [2.05, 4.69) is 19.1 Å². The van der Waals surface area contributed by atoms with E-state index in [-0.39, 0.29) is 32.7 Å². The van der Waals surface area contributed by atoms with Crippen LogP contribution in [0.4, 0.5) is 0 Å². The van der Waals surface area contributed by atoms with E-state index in [1.54, 1.807) is 0 Å². The van der Waals surface area contributed by atoms with Gasteiger partial charge in [-0.1, -0.05) is 70.4 Å². The highest BCUT2D eigenvalue weighted by Crippen LogP contribution is 2.10. The molecule has 0 fully saturated rings. The molecule has 0 bridgehead atoms. The fraction of sp³-hybridized carbons (Fsp3) is 0.778. The van der Waals surface area contributed by atoms with Gasteiger partial charge in [-0.05, 0) is 32.1 Å². The summed E-state index contributed by atoms with van der Waals surface area (Å²) in [6.07, 6.45) is 20.1. The number of aliphatic hydroxyl groups excluding tert-OH is 2. The van der Waals surface area contributed by atoms with Crippen molar-refractivity contribution in [1.82, 2.24) is 13.7 Å². The SMILES string of the molecule is CCCCCCCC/C=C\CCCCCCCC(=O)OCCn1c(=O)n(CCO)c(=O)n(CCO)c1=O. The number of esters is 1. The van der Waals surface area contributed by atoms with Gasteiger partial charge in [0, 0.05) is 6.42 Å². The van der Waals surface area contributed by atoms with Gasteiger partial charge in [0.1, 0.15) is 6.61 Å². The van der Waals surface area contributed by atoms with Gasteiger partial charge < -0.3 is 14.9 Å². The quantitative estimate of drug-likeness (QED) is 0.135. The van der Waals surface area contributed by atoms with Crippen molar-refractivity contribution in [2.24, 2.45) is 0 Å². The van der Waals surface area contributed by atoms with E-state index in [1.165, 1.54) is 44.9 Å². The number of aromatic nitrogens is 3. The molecular formula is C27H47N3O7. The summed E-state index contributed by atoms with van der Waals surface area (Å²) >= 11 is 0. The number of hydrogen-bond donors (Lipinski definition) is 2. The van der Waals surface area contributed by atoms with Crippen LogP contribution in [0, 0.1) is 0 Å². The number of carbonyl (C=O) groups excluding carboxylic acids is 1. The van der Waals surface area contributed by atoms with Gasteiger partial charge in [0.2, 0.25) is 0 Å². The van der Waals surface area contributed by atoms with E-state index in [1.807, 2.05) is 0 Å². The first-order chi connectivity index (χ1) is 18.0. The monoisotopic (exact) mass is 525 g/mol. The van der Waals surface area contributed by atoms with Crippen molar-refractivity contribution >= 4 is 5.97 Å². The molecule has 1 aromatic rings. The Kier molecular flexibility index (Phi) is 18.1. The zero-order valence-corrected chi connectivity index (χ0v) is 22.6. The molecule has 1 heterocycles. The Morgan fingerprint density at radius 2 is 1.11 bits per heavy atom. The van der Waals surface area contributed by atoms with Crippen LogP contribution in [0.3, 0.4) is 0 Å². The summed E-state index contributed by atoms with van der Waals surface area (Å²) in [7, 11) is 0. The smallest absolute Gasteiger partial charge is 0.336 e. The van der Waals surface area contributed by atoms with Gasteiger partial charge in [-0.2, -0.15) is 0 Å². The summed E-state index contributed by atoms with van der Waals surface area (Å²) < 4.78 is 7.40. The molecule has 1 rings (SSSR count). The predicted octanol–water partition coefficient (Wildman–Crippen LogP) is 2.74. The number of carbonyl (C=O) groups is 1. The largest absolute Gasteiger partial charge is 0.464 e. The number of hydrogen-bond acceptors (Lipinski definition) is 7. The lowest BCUT2D eigenvalue weighted by Gasteiger charge is -2.13. The number of rotatable bonds is 22. The molecule has 0 amide bonds. The molecule has 0 atom stereocenters. The maximum atomic E-state index is 12.5. The highest BCUT2D eigenvalue weighted by atomic mass is 16.5. The van der Waals surface area contributed by atoms with Crippen LogP contribution in [0.1, 0.15) is 96.8 Å². The van der Waals surface area contributed by atoms with Crippen molar-refractivity contribution in [1.29, 1.82) is 0 Å². The molecular weight excluding hydrogens is 478 g/mol. The molecule has 0 aliphatic carbocycles. The Morgan fingerprint density at radius 1 is 0.676 bits per heavy atom. The Morgan fingerprint density at radius 3 is 1.59 bits per heavy atom. The van der Waals surface area contributed by atoms with E-state index >= 15 is 0 Å². The van der Waals surface area contributed by atoms with Gasteiger partial charge in [0.25, 0.3) is 0 Å². The van der Waals surface area contributed by atoms with Gasteiger partial charge in [0.15, 0.2) is 0 Å². The van der Waals surface area contributed by atoms with Crippen LogP contribution in [0.25, 0.3) is 0 Å². The van der Waals surface area contributed by atoms with Gasteiger partial charge in [-0.15, -0.1) is 0 Å². The third-order valence-corrected chi connectivity index (χ3v) is 6.25. The van der Waals surface area contributed by atoms with Gasteiger partial charge in [-0.25, -0.2) is 28.1 Å². The molecule has 0 saturated heterocycles. The maximum Gasteiger partial charge on any atom is 0.336 e. The highest BCUT2D eigenvalue weighted by Gasteiger charge is 2.15. The molecule has 0 radical (unpaired) electrons. The first-order valence-corrected chi connectivity index (χ1v) is 13.9. The van der Waals surface area contributed by atoms with Crippen molar-refractivity contribution in [3.63, 3.8) is 0 Å². The van der Waals surface area contributed by atoms with E-state index in [4.69, 9.17) is 14.9 Å². The van der Waals surface area contributed by atoms with Crippen LogP contribution in [0.15, 0.2) is 26.5 Å². The summed E-state index contributed by atoms with van der Waals surface area (Å²) in [6, 6.07) is 0. The average molecular weight is 526 g/mol. The van der Waals surface area contributed by atoms with Crippen LogP contribution < -0.4 is 17.1 Å². The summed E-state index contributed by atoms with van der Waals surface area (Å²) in [4.78, 5) is 49.2. The van der Waals surface area contributed by atoms with Gasteiger partial charge >= 0.3 is 23.0 Å². The molecule has 0 spiro atoms. The van der Waals surface area contributed by atoms with E-state index < -0.39 is 36.3 Å². The fourth-order valence-corrected chi connectivity index (χ4v) is 4.12. The molecule has 1 aromatic heterocycles. The van der Waals surface area contributed by atoms with Crippen LogP contribution in [0.5, 0.6) is 0 Å². The minimum Gasteiger partial charge on any atom is -0.464 e. The number of nitrogens with zero attached hydrogens (tertiary/aromatic N) is 3. The van der Waals surface area contributed by atoms with E-state index in [9.17, 15) is 19.2 Å². The molecule has 0 aliphatic rings. The number of allylic oxidation sites excluding steroid dienone is 2. The molecule has 0 saturated carbocycles. The lowest BCUT2D eigenvalue weighted by molar-refractivity contribution is -0.144. The second kappa shape index (κ2) is 20.6. The average Bonchev–Trinajstić information content (AvgIpc) is 2.88. The van der Waals surface area contributed by atoms with Crippen LogP contribution in [-0.4, -0.2) is 49.7 Å². The van der Waals surface area contributed by atoms with Crippen molar-refractivity contribution in [2.75, 3.05) is 19.8 Å². The fourth-order valence-electron chi connectivity index (χ4n) is 4.12. The Hall–Kier alpha value is -2.46. The first kappa shape index (κ1) is 32.6. The Labute approximate surface area is 219 Å².